The van der Waals surface area contributed by atoms with Crippen LogP contribution in [0, 0.1) is 0 Å². The summed E-state index contributed by atoms with van der Waals surface area (Å²) in [6, 6.07) is 18.8. The molecule has 232 valence electrons. The van der Waals surface area contributed by atoms with E-state index in [0.29, 0.717) is 56.2 Å². The van der Waals surface area contributed by atoms with Gasteiger partial charge in [-0.25, -0.2) is 0 Å². The Morgan fingerprint density at radius 1 is 1.00 bits per heavy atom. The molecule has 3 aromatic carbocycles. The number of nitrogens with zero attached hydrogens (tertiary/aromatic N) is 3. The summed E-state index contributed by atoms with van der Waals surface area (Å²) < 4.78 is 11.3. The number of benzene rings is 3. The van der Waals surface area contributed by atoms with E-state index in [2.05, 4.69) is 20.8 Å². The van der Waals surface area contributed by atoms with Gasteiger partial charge in [0.1, 0.15) is 5.75 Å². The van der Waals surface area contributed by atoms with Crippen molar-refractivity contribution in [2.24, 2.45) is 0 Å². The highest BCUT2D eigenvalue weighted by Crippen LogP contribution is 2.38. The number of carbonyl (C=O) groups is 1. The highest BCUT2D eigenvalue weighted by Gasteiger charge is 2.41. The Labute approximate surface area is 280 Å². The number of ether oxygens (including phenoxy) is 1. The minimum atomic E-state index is -0.0899. The van der Waals surface area contributed by atoms with Crippen molar-refractivity contribution < 1.29 is 14.1 Å². The molecule has 2 atom stereocenters. The molecule has 0 spiro atoms. The smallest absolute Gasteiger partial charge is 0.264 e. The van der Waals surface area contributed by atoms with Crippen LogP contribution in [0.25, 0.3) is 17.0 Å². The third-order valence-electron chi connectivity index (χ3n) is 8.36. The summed E-state index contributed by atoms with van der Waals surface area (Å²) >= 11 is 25.1. The third-order valence-corrected chi connectivity index (χ3v) is 9.76. The van der Waals surface area contributed by atoms with Crippen molar-refractivity contribution in [3.8, 4) is 17.1 Å². The van der Waals surface area contributed by atoms with E-state index in [9.17, 15) is 4.79 Å². The summed E-state index contributed by atoms with van der Waals surface area (Å²) in [6.45, 7) is 2.04. The van der Waals surface area contributed by atoms with E-state index in [1.807, 2.05) is 41.3 Å². The molecule has 1 amide bonds. The fraction of sp³-hybridized carbons (Fsp3) is 0.303. The molecule has 45 heavy (non-hydrogen) atoms. The van der Waals surface area contributed by atoms with Crippen LogP contribution in [-0.4, -0.2) is 52.2 Å². The maximum absolute atomic E-state index is 14.4. The zero-order valence-corrected chi connectivity index (χ0v) is 27.1. The minimum Gasteiger partial charge on any atom is -0.484 e. The summed E-state index contributed by atoms with van der Waals surface area (Å²) in [5, 5.41) is 13.1. The number of piperazine rings is 1. The van der Waals surface area contributed by atoms with Crippen LogP contribution < -0.4 is 15.4 Å². The number of hydrogen-bond donors (Lipinski definition) is 2. The Kier molecular flexibility index (Phi) is 8.79. The second-order valence-corrected chi connectivity index (χ2v) is 13.1. The normalized spacial score (nSPS) is 19.5. The Balaban J connectivity index is 1.11. The number of nitrogens with one attached hydrogen (secondary N) is 2. The van der Waals surface area contributed by atoms with Crippen LogP contribution in [0.5, 0.6) is 5.75 Å². The van der Waals surface area contributed by atoms with Crippen LogP contribution >= 0.6 is 46.4 Å². The zero-order chi connectivity index (χ0) is 31.1. The molecule has 0 unspecified atom stereocenters. The number of rotatable bonds is 9. The molecule has 0 radical (unpaired) electrons. The van der Waals surface area contributed by atoms with Gasteiger partial charge < -0.3 is 24.8 Å². The SMILES string of the molecule is O=C(C1=C(c2ccc(OCc3nc(-c4ccc(Cl)cc4Cl)no3)cc2)C[C@@H]2CNC[C@H]1N2)N(Cc1cccc(Cl)c1Cl)C1CC1. The molecule has 8 nitrogen and oxygen atoms in total. The van der Waals surface area contributed by atoms with Gasteiger partial charge in [0.2, 0.25) is 5.82 Å². The standard InChI is InChI=1S/C33H29Cl4N5O3/c34-20-6-11-24(27(36)12-20)32-40-29(45-41-32)17-44-23-9-4-18(5-10-23)25-13-21-14-38-15-28(39-21)30(25)33(43)42(22-7-8-22)16-19-2-1-3-26(35)31(19)37/h1-6,9-12,21-22,28,38-39H,7-8,13-17H2/t21-,28-/m1/s1. The first-order valence-electron chi connectivity index (χ1n) is 14.8. The Hall–Kier alpha value is -3.11. The molecule has 2 N–H and O–H groups in total. The van der Waals surface area contributed by atoms with Gasteiger partial charge in [-0.2, -0.15) is 4.98 Å². The lowest BCUT2D eigenvalue weighted by Crippen LogP contribution is -2.60. The van der Waals surface area contributed by atoms with Gasteiger partial charge in [0.05, 0.1) is 21.1 Å². The Morgan fingerprint density at radius 3 is 2.60 bits per heavy atom. The number of halogens is 4. The first-order valence-corrected chi connectivity index (χ1v) is 16.3. The quantitative estimate of drug-likeness (QED) is 0.193. The zero-order valence-electron chi connectivity index (χ0n) is 24.0. The van der Waals surface area contributed by atoms with Gasteiger partial charge in [-0.1, -0.05) is 75.8 Å². The van der Waals surface area contributed by atoms with Crippen LogP contribution in [0.3, 0.4) is 0 Å². The van der Waals surface area contributed by atoms with E-state index < -0.39 is 0 Å². The molecule has 1 aliphatic carbocycles. The summed E-state index contributed by atoms with van der Waals surface area (Å²) in [5.41, 5.74) is 4.33. The van der Waals surface area contributed by atoms with Gasteiger partial charge in [0.25, 0.3) is 11.8 Å². The fourth-order valence-corrected chi connectivity index (χ4v) is 6.86. The molecule has 2 aliphatic heterocycles. The van der Waals surface area contributed by atoms with Crippen molar-refractivity contribution in [1.82, 2.24) is 25.7 Å². The average molecular weight is 685 g/mol. The summed E-state index contributed by atoms with van der Waals surface area (Å²) in [7, 11) is 0. The van der Waals surface area contributed by atoms with Crippen molar-refractivity contribution in [3.05, 3.63) is 103 Å². The van der Waals surface area contributed by atoms with Crippen molar-refractivity contribution in [2.75, 3.05) is 13.1 Å². The molecule has 3 heterocycles. The second-order valence-electron chi connectivity index (χ2n) is 11.5. The maximum atomic E-state index is 14.4. The van der Waals surface area contributed by atoms with Gasteiger partial charge in [-0.15, -0.1) is 0 Å². The number of fused-ring (bicyclic) bond motifs is 2. The van der Waals surface area contributed by atoms with Crippen LogP contribution in [0.1, 0.15) is 36.3 Å². The Morgan fingerprint density at radius 2 is 1.82 bits per heavy atom. The van der Waals surface area contributed by atoms with Crippen LogP contribution in [-0.2, 0) is 17.9 Å². The van der Waals surface area contributed by atoms with Gasteiger partial charge in [-0.05, 0) is 72.4 Å². The molecule has 1 aromatic heterocycles. The Bertz CT molecular complexity index is 1770. The summed E-state index contributed by atoms with van der Waals surface area (Å²) in [4.78, 5) is 20.8. The van der Waals surface area contributed by atoms with E-state index in [0.717, 1.165) is 48.1 Å². The molecule has 1 saturated carbocycles. The van der Waals surface area contributed by atoms with E-state index in [1.165, 1.54) is 0 Å². The predicted molar refractivity (Wildman–Crippen MR) is 176 cm³/mol. The fourth-order valence-electron chi connectivity index (χ4n) is 5.99. The van der Waals surface area contributed by atoms with Crippen LogP contribution in [0.15, 0.2) is 70.8 Å². The summed E-state index contributed by atoms with van der Waals surface area (Å²) in [6.07, 6.45) is 2.69. The summed E-state index contributed by atoms with van der Waals surface area (Å²) in [5.74, 6) is 1.35. The highest BCUT2D eigenvalue weighted by atomic mass is 35.5. The topological polar surface area (TPSA) is 92.5 Å². The first kappa shape index (κ1) is 30.5. The van der Waals surface area contributed by atoms with Crippen molar-refractivity contribution in [2.45, 2.75) is 50.5 Å². The number of hydrogen-bond acceptors (Lipinski definition) is 7. The molecular weight excluding hydrogens is 656 g/mol. The highest BCUT2D eigenvalue weighted by molar-refractivity contribution is 6.42. The van der Waals surface area contributed by atoms with E-state index in [4.69, 9.17) is 55.7 Å². The van der Waals surface area contributed by atoms with Crippen molar-refractivity contribution in [1.29, 1.82) is 0 Å². The van der Waals surface area contributed by atoms with Gasteiger partial charge >= 0.3 is 0 Å². The molecule has 7 rings (SSSR count). The first-order chi connectivity index (χ1) is 21.8. The second kappa shape index (κ2) is 12.9. The lowest BCUT2D eigenvalue weighted by molar-refractivity contribution is -0.128. The predicted octanol–water partition coefficient (Wildman–Crippen LogP) is 7.21. The molecule has 12 heteroatoms. The molecule has 2 bridgehead atoms. The van der Waals surface area contributed by atoms with Crippen molar-refractivity contribution >= 4 is 57.9 Å². The van der Waals surface area contributed by atoms with E-state index in [1.54, 1.807) is 24.3 Å². The molecule has 2 fully saturated rings. The van der Waals surface area contributed by atoms with Gasteiger partial charge in [0, 0.05) is 47.9 Å². The minimum absolute atomic E-state index is 0.0384. The van der Waals surface area contributed by atoms with Gasteiger partial charge in [-0.3, -0.25) is 4.79 Å². The van der Waals surface area contributed by atoms with Crippen LogP contribution in [0.4, 0.5) is 0 Å². The lowest BCUT2D eigenvalue weighted by atomic mass is 9.83. The molecular formula is C33H29Cl4N5O3. The van der Waals surface area contributed by atoms with Gasteiger partial charge in [0.15, 0.2) is 6.61 Å². The number of aromatic nitrogens is 2. The number of amides is 1. The van der Waals surface area contributed by atoms with Crippen molar-refractivity contribution in [3.63, 3.8) is 0 Å². The third kappa shape index (κ3) is 6.59. The molecule has 1 saturated heterocycles. The molecule has 3 aliphatic rings. The molecule has 4 aromatic rings. The maximum Gasteiger partial charge on any atom is 0.264 e. The largest absolute Gasteiger partial charge is 0.484 e. The van der Waals surface area contributed by atoms with E-state index in [-0.39, 0.29) is 30.6 Å². The lowest BCUT2D eigenvalue weighted by Gasteiger charge is -2.41. The average Bonchev–Trinajstić information content (AvgIpc) is 3.77. The monoisotopic (exact) mass is 683 g/mol. The van der Waals surface area contributed by atoms with Crippen LogP contribution in [0.2, 0.25) is 20.1 Å². The van der Waals surface area contributed by atoms with E-state index >= 15 is 0 Å². The number of carbonyl (C=O) groups excluding carboxylic acids is 1.